The number of morpholine rings is 1. The van der Waals surface area contributed by atoms with Gasteiger partial charge in [0.05, 0.1) is 49.4 Å². The molecule has 3 aromatic heterocycles. The molecule has 2 aromatic carbocycles. The summed E-state index contributed by atoms with van der Waals surface area (Å²) in [6.07, 6.45) is 1.75. The Morgan fingerprint density at radius 1 is 1.03 bits per heavy atom. The number of hydrogen-bond donors (Lipinski definition) is 1. The molecule has 0 unspecified atom stereocenters. The van der Waals surface area contributed by atoms with Crippen LogP contribution in [-0.4, -0.2) is 59.9 Å². The molecule has 8 nitrogen and oxygen atoms in total. The SMILES string of the molecule is COc1ccc2c(c1OC)c(=O)n1c3ccc(O)c(CN4CCOCC4)c3c3ccnc2c31. The van der Waals surface area contributed by atoms with Gasteiger partial charge in [0.25, 0.3) is 5.56 Å². The van der Waals surface area contributed by atoms with Crippen molar-refractivity contribution in [2.45, 2.75) is 6.54 Å². The molecule has 1 saturated heterocycles. The van der Waals surface area contributed by atoms with Gasteiger partial charge in [0, 0.05) is 47.6 Å². The zero-order valence-corrected chi connectivity index (χ0v) is 18.4. The van der Waals surface area contributed by atoms with E-state index >= 15 is 0 Å². The van der Waals surface area contributed by atoms with Gasteiger partial charge in [-0.25, -0.2) is 0 Å². The molecule has 0 spiro atoms. The summed E-state index contributed by atoms with van der Waals surface area (Å²) in [4.78, 5) is 20.8. The van der Waals surface area contributed by atoms with Gasteiger partial charge >= 0.3 is 0 Å². The lowest BCUT2D eigenvalue weighted by molar-refractivity contribution is 0.0341. The Bertz CT molecular complexity index is 1590. The van der Waals surface area contributed by atoms with Crippen LogP contribution in [0.2, 0.25) is 0 Å². The molecule has 0 saturated carbocycles. The predicted octanol–water partition coefficient (Wildman–Crippen LogP) is 3.15. The lowest BCUT2D eigenvalue weighted by atomic mass is 10.0. The van der Waals surface area contributed by atoms with Crippen molar-refractivity contribution in [1.82, 2.24) is 14.3 Å². The van der Waals surface area contributed by atoms with E-state index in [9.17, 15) is 9.90 Å². The van der Waals surface area contributed by atoms with E-state index in [2.05, 4.69) is 9.88 Å². The summed E-state index contributed by atoms with van der Waals surface area (Å²) in [5, 5.41) is 13.7. The quantitative estimate of drug-likeness (QED) is 0.426. The van der Waals surface area contributed by atoms with E-state index in [0.29, 0.717) is 47.5 Å². The van der Waals surface area contributed by atoms with Gasteiger partial charge in [-0.05, 0) is 30.3 Å². The Morgan fingerprint density at radius 2 is 1.85 bits per heavy atom. The van der Waals surface area contributed by atoms with Crippen LogP contribution in [0.3, 0.4) is 0 Å². The first-order valence-corrected chi connectivity index (χ1v) is 10.9. The Balaban J connectivity index is 1.77. The number of benzene rings is 2. The monoisotopic (exact) mass is 445 g/mol. The molecule has 1 aliphatic heterocycles. The van der Waals surface area contributed by atoms with Crippen LogP contribution >= 0.6 is 0 Å². The molecule has 0 radical (unpaired) electrons. The smallest absolute Gasteiger partial charge is 0.267 e. The molecule has 1 aliphatic rings. The Kier molecular flexibility index (Phi) is 4.53. The predicted molar refractivity (Wildman–Crippen MR) is 126 cm³/mol. The summed E-state index contributed by atoms with van der Waals surface area (Å²) in [6, 6.07) is 9.02. The number of fused-ring (bicyclic) bond motifs is 5. The number of phenolic OH excluding ortho intramolecular Hbond substituents is 1. The molecule has 0 aliphatic carbocycles. The summed E-state index contributed by atoms with van der Waals surface area (Å²) in [6.45, 7) is 3.50. The van der Waals surface area contributed by atoms with Crippen LogP contribution in [0.1, 0.15) is 5.56 Å². The fourth-order valence-corrected chi connectivity index (χ4v) is 5.11. The molecular weight excluding hydrogens is 422 g/mol. The van der Waals surface area contributed by atoms with E-state index in [0.717, 1.165) is 40.5 Å². The van der Waals surface area contributed by atoms with Gasteiger partial charge in [0.2, 0.25) is 0 Å². The Labute approximate surface area is 188 Å². The lowest BCUT2D eigenvalue weighted by Crippen LogP contribution is -2.35. The van der Waals surface area contributed by atoms with Crippen molar-refractivity contribution in [1.29, 1.82) is 0 Å². The highest BCUT2D eigenvalue weighted by atomic mass is 16.5. The average molecular weight is 445 g/mol. The minimum atomic E-state index is -0.204. The summed E-state index contributed by atoms with van der Waals surface area (Å²) < 4.78 is 18.2. The number of nitrogens with zero attached hydrogens (tertiary/aromatic N) is 3. The fraction of sp³-hybridized carbons (Fsp3) is 0.280. The second kappa shape index (κ2) is 7.47. The van der Waals surface area contributed by atoms with Gasteiger partial charge in [-0.3, -0.25) is 19.1 Å². The summed E-state index contributed by atoms with van der Waals surface area (Å²) in [5.41, 5.74) is 2.78. The maximum absolute atomic E-state index is 13.9. The first-order chi connectivity index (χ1) is 16.1. The van der Waals surface area contributed by atoms with Crippen molar-refractivity contribution in [2.75, 3.05) is 40.5 Å². The molecule has 1 N–H and O–H groups in total. The second-order valence-corrected chi connectivity index (χ2v) is 8.27. The van der Waals surface area contributed by atoms with Crippen LogP contribution in [0, 0.1) is 0 Å². The standard InChI is InChI=1S/C25H23N3O5/c1-31-19-6-3-14-21(24(19)32-2)25(30)28-17-4-5-18(29)16(13-27-9-11-33-12-10-27)20(17)15-7-8-26-22(14)23(15)28/h3-8,29H,9-13H2,1-2H3. The van der Waals surface area contributed by atoms with Gasteiger partial charge in [-0.1, -0.05) is 0 Å². The molecule has 0 bridgehead atoms. The first kappa shape index (κ1) is 20.0. The Hall–Kier alpha value is -3.62. The van der Waals surface area contributed by atoms with Crippen molar-refractivity contribution >= 4 is 38.1 Å². The van der Waals surface area contributed by atoms with E-state index in [1.807, 2.05) is 12.1 Å². The number of aromatic hydroxyl groups is 1. The molecule has 4 heterocycles. The van der Waals surface area contributed by atoms with Crippen LogP contribution in [0.5, 0.6) is 17.2 Å². The van der Waals surface area contributed by atoms with Gasteiger partial charge in [0.1, 0.15) is 5.75 Å². The summed E-state index contributed by atoms with van der Waals surface area (Å²) in [5.74, 6) is 1.09. The van der Waals surface area contributed by atoms with Crippen LogP contribution < -0.4 is 15.0 Å². The van der Waals surface area contributed by atoms with Crippen molar-refractivity contribution in [2.24, 2.45) is 0 Å². The van der Waals surface area contributed by atoms with Crippen molar-refractivity contribution in [3.63, 3.8) is 0 Å². The molecule has 0 atom stereocenters. The highest BCUT2D eigenvalue weighted by Gasteiger charge is 2.25. The third kappa shape index (κ3) is 2.77. The van der Waals surface area contributed by atoms with Gasteiger partial charge < -0.3 is 19.3 Å². The molecule has 33 heavy (non-hydrogen) atoms. The third-order valence-electron chi connectivity index (χ3n) is 6.63. The molecule has 0 amide bonds. The number of phenols is 1. The summed E-state index contributed by atoms with van der Waals surface area (Å²) >= 11 is 0. The van der Waals surface area contributed by atoms with E-state index in [1.54, 1.807) is 35.9 Å². The van der Waals surface area contributed by atoms with E-state index in [4.69, 9.17) is 14.2 Å². The third-order valence-corrected chi connectivity index (χ3v) is 6.63. The van der Waals surface area contributed by atoms with Crippen LogP contribution in [0.4, 0.5) is 0 Å². The lowest BCUT2D eigenvalue weighted by Gasteiger charge is -2.27. The molecular formula is C25H23N3O5. The number of rotatable bonds is 4. The molecule has 6 rings (SSSR count). The van der Waals surface area contributed by atoms with Crippen molar-refractivity contribution < 1.29 is 19.3 Å². The largest absolute Gasteiger partial charge is 0.508 e. The minimum Gasteiger partial charge on any atom is -0.508 e. The van der Waals surface area contributed by atoms with Gasteiger partial charge in [0.15, 0.2) is 11.5 Å². The molecule has 168 valence electrons. The maximum Gasteiger partial charge on any atom is 0.267 e. The fourth-order valence-electron chi connectivity index (χ4n) is 5.11. The number of ether oxygens (including phenoxy) is 3. The van der Waals surface area contributed by atoms with E-state index < -0.39 is 0 Å². The second-order valence-electron chi connectivity index (χ2n) is 8.27. The first-order valence-electron chi connectivity index (χ1n) is 10.9. The van der Waals surface area contributed by atoms with E-state index in [-0.39, 0.29) is 11.3 Å². The summed E-state index contributed by atoms with van der Waals surface area (Å²) in [7, 11) is 3.08. The molecule has 8 heteroatoms. The minimum absolute atomic E-state index is 0.204. The van der Waals surface area contributed by atoms with Gasteiger partial charge in [-0.15, -0.1) is 0 Å². The molecule has 1 fully saturated rings. The van der Waals surface area contributed by atoms with Crippen molar-refractivity contribution in [3.05, 3.63) is 52.4 Å². The topological polar surface area (TPSA) is 85.5 Å². The maximum atomic E-state index is 13.9. The number of hydrogen-bond acceptors (Lipinski definition) is 7. The zero-order valence-electron chi connectivity index (χ0n) is 18.4. The number of methoxy groups -OCH3 is 2. The zero-order chi connectivity index (χ0) is 22.7. The van der Waals surface area contributed by atoms with Crippen LogP contribution in [-0.2, 0) is 11.3 Å². The van der Waals surface area contributed by atoms with Crippen LogP contribution in [0.15, 0.2) is 41.3 Å². The van der Waals surface area contributed by atoms with E-state index in [1.165, 1.54) is 7.11 Å². The molecule has 5 aromatic rings. The van der Waals surface area contributed by atoms with Crippen LogP contribution in [0.25, 0.3) is 38.1 Å². The number of pyridine rings is 2. The average Bonchev–Trinajstić information content (AvgIpc) is 3.19. The van der Waals surface area contributed by atoms with Gasteiger partial charge in [-0.2, -0.15) is 0 Å². The normalized spacial score (nSPS) is 15.2. The van der Waals surface area contributed by atoms with Crippen molar-refractivity contribution in [3.8, 4) is 17.2 Å². The number of aromatic nitrogens is 2. The highest BCUT2D eigenvalue weighted by Crippen LogP contribution is 2.41. The Morgan fingerprint density at radius 3 is 2.61 bits per heavy atom. The highest BCUT2D eigenvalue weighted by molar-refractivity contribution is 6.20.